The van der Waals surface area contributed by atoms with Crippen LogP contribution in [0.3, 0.4) is 0 Å². The van der Waals surface area contributed by atoms with Gasteiger partial charge in [0.1, 0.15) is 0 Å². The summed E-state index contributed by atoms with van der Waals surface area (Å²) in [5, 5.41) is 0.297. The summed E-state index contributed by atoms with van der Waals surface area (Å²) in [5.74, 6) is -0.527. The number of anilines is 1. The van der Waals surface area contributed by atoms with E-state index in [4.69, 9.17) is 0 Å². The molecule has 1 aliphatic heterocycles. The molecule has 1 amide bonds. The van der Waals surface area contributed by atoms with Crippen LogP contribution in [0.5, 0.6) is 0 Å². The lowest BCUT2D eigenvalue weighted by molar-refractivity contribution is -0.131. The van der Waals surface area contributed by atoms with E-state index in [1.54, 1.807) is 0 Å². The number of rotatable bonds is 6. The molecule has 0 aliphatic carbocycles. The number of aromatic amines is 1. The lowest BCUT2D eigenvalue weighted by atomic mass is 10.1. The van der Waals surface area contributed by atoms with Crippen molar-refractivity contribution in [3.8, 4) is 0 Å². The van der Waals surface area contributed by atoms with Gasteiger partial charge in [-0.3, -0.25) is 14.2 Å². The maximum absolute atomic E-state index is 12.8. The number of carbonyl (C=O) groups excluding carboxylic acids is 2. The van der Waals surface area contributed by atoms with Gasteiger partial charge >= 0.3 is 11.7 Å². The molecule has 0 atom stereocenters. The summed E-state index contributed by atoms with van der Waals surface area (Å²) < 4.78 is 5.77. The normalized spacial score (nSPS) is 13.8. The zero-order chi connectivity index (χ0) is 23.4. The summed E-state index contributed by atoms with van der Waals surface area (Å²) in [6, 6.07) is 14.5. The topological polar surface area (TPSA) is 105 Å². The van der Waals surface area contributed by atoms with Crippen LogP contribution < -0.4 is 16.1 Å². The number of carbonyl (C=O) groups is 2. The number of ether oxygens (including phenoxy) is 1. The zero-order valence-electron chi connectivity index (χ0n) is 18.5. The summed E-state index contributed by atoms with van der Waals surface area (Å²) in [5.41, 5.74) is 0.651. The van der Waals surface area contributed by atoms with Gasteiger partial charge in [-0.15, -0.1) is 0 Å². The van der Waals surface area contributed by atoms with Crippen LogP contribution in [0.4, 0.5) is 5.69 Å². The third-order valence-corrected chi connectivity index (χ3v) is 5.93. The van der Waals surface area contributed by atoms with Gasteiger partial charge in [0.15, 0.2) is 0 Å². The van der Waals surface area contributed by atoms with Crippen molar-refractivity contribution < 1.29 is 14.3 Å². The molecule has 2 heterocycles. The second-order valence-electron chi connectivity index (χ2n) is 7.95. The molecule has 172 valence electrons. The summed E-state index contributed by atoms with van der Waals surface area (Å²) in [4.78, 5) is 56.3. The average molecular weight is 450 g/mol. The highest BCUT2D eigenvalue weighted by Gasteiger charge is 2.21. The van der Waals surface area contributed by atoms with Crippen LogP contribution in [0.25, 0.3) is 10.9 Å². The zero-order valence-corrected chi connectivity index (χ0v) is 18.5. The van der Waals surface area contributed by atoms with Gasteiger partial charge in [0, 0.05) is 44.8 Å². The van der Waals surface area contributed by atoms with E-state index in [1.165, 1.54) is 25.3 Å². The predicted octanol–water partition coefficient (Wildman–Crippen LogP) is 1.61. The third kappa shape index (κ3) is 4.82. The number of fused-ring (bicyclic) bond motifs is 1. The molecule has 33 heavy (non-hydrogen) atoms. The number of hydrogen-bond acceptors (Lipinski definition) is 6. The van der Waals surface area contributed by atoms with Gasteiger partial charge in [0.05, 0.1) is 23.6 Å². The number of nitrogens with zero attached hydrogens (tertiary/aromatic N) is 3. The Morgan fingerprint density at radius 1 is 1.00 bits per heavy atom. The first-order valence-electron chi connectivity index (χ1n) is 10.9. The Morgan fingerprint density at radius 2 is 1.73 bits per heavy atom. The molecule has 0 unspecified atom stereocenters. The van der Waals surface area contributed by atoms with Gasteiger partial charge in [0.25, 0.3) is 5.56 Å². The Bertz CT molecular complexity index is 1270. The van der Waals surface area contributed by atoms with Gasteiger partial charge < -0.3 is 19.5 Å². The van der Waals surface area contributed by atoms with Crippen molar-refractivity contribution in [2.24, 2.45) is 0 Å². The first-order valence-corrected chi connectivity index (χ1v) is 10.9. The number of benzene rings is 2. The Morgan fingerprint density at radius 3 is 2.42 bits per heavy atom. The molecule has 2 aromatic carbocycles. The van der Waals surface area contributed by atoms with E-state index in [0.29, 0.717) is 24.9 Å². The fourth-order valence-corrected chi connectivity index (χ4v) is 4.10. The number of esters is 1. The Hall–Kier alpha value is -3.88. The van der Waals surface area contributed by atoms with Crippen molar-refractivity contribution >= 4 is 28.5 Å². The van der Waals surface area contributed by atoms with Crippen molar-refractivity contribution in [2.75, 3.05) is 38.2 Å². The first kappa shape index (κ1) is 22.3. The molecule has 9 heteroatoms. The monoisotopic (exact) mass is 450 g/mol. The molecule has 1 N–H and O–H groups in total. The number of aromatic nitrogens is 2. The lowest BCUT2D eigenvalue weighted by Crippen LogP contribution is -2.48. The minimum Gasteiger partial charge on any atom is -0.465 e. The number of methoxy groups -OCH3 is 1. The van der Waals surface area contributed by atoms with Crippen LogP contribution in [0.2, 0.25) is 0 Å². The molecule has 1 fully saturated rings. The number of para-hydroxylation sites is 1. The van der Waals surface area contributed by atoms with Gasteiger partial charge in [-0.25, -0.2) is 9.59 Å². The Labute approximate surface area is 190 Å². The molecule has 0 saturated carbocycles. The molecule has 3 aromatic rings. The molecule has 0 spiro atoms. The van der Waals surface area contributed by atoms with Gasteiger partial charge in [-0.05, 0) is 36.8 Å². The van der Waals surface area contributed by atoms with Gasteiger partial charge in [-0.1, -0.05) is 18.2 Å². The number of amides is 1. The van der Waals surface area contributed by atoms with Crippen molar-refractivity contribution in [3.63, 3.8) is 0 Å². The smallest absolute Gasteiger partial charge is 0.337 e. The summed E-state index contributed by atoms with van der Waals surface area (Å²) in [6.07, 6.45) is 0.642. The molecule has 1 aliphatic rings. The Kier molecular flexibility index (Phi) is 6.58. The highest BCUT2D eigenvalue weighted by atomic mass is 16.5. The maximum atomic E-state index is 12.8. The molecular formula is C24H26N4O5. The van der Waals surface area contributed by atoms with Crippen LogP contribution in [0, 0.1) is 0 Å². The molecule has 0 radical (unpaired) electrons. The van der Waals surface area contributed by atoms with E-state index in [0.717, 1.165) is 23.3 Å². The summed E-state index contributed by atoms with van der Waals surface area (Å²) in [7, 11) is 1.26. The van der Waals surface area contributed by atoms with Gasteiger partial charge in [-0.2, -0.15) is 0 Å². The van der Waals surface area contributed by atoms with Crippen LogP contribution in [0.1, 0.15) is 23.2 Å². The summed E-state index contributed by atoms with van der Waals surface area (Å²) in [6.45, 7) is 2.97. The van der Waals surface area contributed by atoms with Crippen molar-refractivity contribution in [1.82, 2.24) is 14.5 Å². The van der Waals surface area contributed by atoms with E-state index in [1.807, 2.05) is 23.1 Å². The van der Waals surface area contributed by atoms with Crippen molar-refractivity contribution in [3.05, 3.63) is 74.9 Å². The SMILES string of the molecule is COC(=O)c1ccc2c(=O)n(CCCC(=O)N3CCN(c4ccccc4)CC3)c(=O)[nH]c2c1. The van der Waals surface area contributed by atoms with E-state index >= 15 is 0 Å². The fourth-order valence-electron chi connectivity index (χ4n) is 4.10. The number of H-pyrrole nitrogens is 1. The van der Waals surface area contributed by atoms with Crippen LogP contribution in [-0.4, -0.2) is 59.6 Å². The highest BCUT2D eigenvalue weighted by Crippen LogP contribution is 2.16. The fraction of sp³-hybridized carbons (Fsp3) is 0.333. The van der Waals surface area contributed by atoms with Crippen molar-refractivity contribution in [2.45, 2.75) is 19.4 Å². The summed E-state index contributed by atoms with van der Waals surface area (Å²) >= 11 is 0. The molecule has 0 bridgehead atoms. The quantitative estimate of drug-likeness (QED) is 0.572. The maximum Gasteiger partial charge on any atom is 0.337 e. The highest BCUT2D eigenvalue weighted by molar-refractivity contribution is 5.93. The standard InChI is InChI=1S/C24H26N4O5/c1-33-23(31)17-9-10-19-20(16-17)25-24(32)28(22(19)30)11-5-8-21(29)27-14-12-26(13-15-27)18-6-3-2-4-7-18/h2-4,6-7,9-10,16H,5,8,11-15H2,1H3,(H,25,32). The first-order chi connectivity index (χ1) is 16.0. The Balaban J connectivity index is 1.36. The lowest BCUT2D eigenvalue weighted by Gasteiger charge is -2.36. The number of hydrogen-bond donors (Lipinski definition) is 1. The molecule has 1 saturated heterocycles. The molecule has 4 rings (SSSR count). The van der Waals surface area contributed by atoms with Crippen molar-refractivity contribution in [1.29, 1.82) is 0 Å². The van der Waals surface area contributed by atoms with Gasteiger partial charge in [0.2, 0.25) is 5.91 Å². The third-order valence-electron chi connectivity index (χ3n) is 5.93. The van der Waals surface area contributed by atoms with E-state index in [9.17, 15) is 19.2 Å². The van der Waals surface area contributed by atoms with Crippen LogP contribution in [0.15, 0.2) is 58.1 Å². The minimum atomic E-state index is -0.571. The second-order valence-corrected chi connectivity index (χ2v) is 7.95. The number of nitrogens with one attached hydrogen (secondary N) is 1. The average Bonchev–Trinajstić information content (AvgIpc) is 2.85. The van der Waals surface area contributed by atoms with Crippen LogP contribution in [-0.2, 0) is 16.1 Å². The second kappa shape index (κ2) is 9.72. The minimum absolute atomic E-state index is 0.0238. The van der Waals surface area contributed by atoms with Crippen LogP contribution >= 0.6 is 0 Å². The largest absolute Gasteiger partial charge is 0.465 e. The van der Waals surface area contributed by atoms with E-state index < -0.39 is 17.2 Å². The predicted molar refractivity (Wildman–Crippen MR) is 125 cm³/mol. The molecule has 1 aromatic heterocycles. The van der Waals surface area contributed by atoms with E-state index in [2.05, 4.69) is 26.8 Å². The van der Waals surface area contributed by atoms with E-state index in [-0.39, 0.29) is 30.0 Å². The number of piperazine rings is 1. The molecule has 9 nitrogen and oxygen atoms in total. The molecular weight excluding hydrogens is 424 g/mol.